The van der Waals surface area contributed by atoms with Gasteiger partial charge < -0.3 is 15.4 Å². The van der Waals surface area contributed by atoms with Gasteiger partial charge in [-0.15, -0.1) is 11.3 Å². The number of amides is 2. The minimum atomic E-state index is -0.413. The van der Waals surface area contributed by atoms with Crippen molar-refractivity contribution in [2.75, 3.05) is 7.11 Å². The summed E-state index contributed by atoms with van der Waals surface area (Å²) in [5, 5.41) is 11.2. The van der Waals surface area contributed by atoms with Crippen molar-refractivity contribution in [2.45, 2.75) is 51.1 Å². The number of nitrogens with zero attached hydrogens (tertiary/aromatic N) is 1. The molecule has 7 heteroatoms. The van der Waals surface area contributed by atoms with Crippen LogP contribution in [0.2, 0.25) is 0 Å². The first-order valence-corrected chi connectivity index (χ1v) is 11.4. The van der Waals surface area contributed by atoms with Crippen molar-refractivity contribution in [1.82, 2.24) is 15.6 Å². The molecule has 0 radical (unpaired) electrons. The van der Waals surface area contributed by atoms with Gasteiger partial charge in [0, 0.05) is 34.8 Å². The zero-order chi connectivity index (χ0) is 21.8. The summed E-state index contributed by atoms with van der Waals surface area (Å²) in [6.07, 6.45) is 2.86. The van der Waals surface area contributed by atoms with Crippen molar-refractivity contribution in [1.29, 1.82) is 0 Å². The molecule has 2 heterocycles. The molecule has 1 fully saturated rings. The Morgan fingerprint density at radius 2 is 2.06 bits per heavy atom. The van der Waals surface area contributed by atoms with Gasteiger partial charge >= 0.3 is 0 Å². The van der Waals surface area contributed by atoms with E-state index in [0.717, 1.165) is 39.2 Å². The smallest absolute Gasteiger partial charge is 0.220 e. The third-order valence-electron chi connectivity index (χ3n) is 5.89. The highest BCUT2D eigenvalue weighted by molar-refractivity contribution is 7.09. The molecule has 4 rings (SSSR count). The Balaban J connectivity index is 1.48. The normalized spacial score (nSPS) is 18.2. The van der Waals surface area contributed by atoms with Crippen LogP contribution in [0, 0.1) is 6.92 Å². The Morgan fingerprint density at radius 1 is 1.26 bits per heavy atom. The molecule has 1 aliphatic heterocycles. The first kappa shape index (κ1) is 21.3. The average Bonchev–Trinajstić information content (AvgIpc) is 3.36. The molecular formula is C24H27N3O3S. The molecule has 0 bridgehead atoms. The summed E-state index contributed by atoms with van der Waals surface area (Å²) in [6, 6.07) is 12.2. The Bertz CT molecular complexity index is 1110. The monoisotopic (exact) mass is 437 g/mol. The number of aromatic nitrogens is 1. The molecule has 1 saturated heterocycles. The number of carbonyl (C=O) groups excluding carboxylic acids is 2. The summed E-state index contributed by atoms with van der Waals surface area (Å²) in [4.78, 5) is 29.0. The maximum atomic E-state index is 12.5. The summed E-state index contributed by atoms with van der Waals surface area (Å²) in [6.45, 7) is 2.39. The zero-order valence-corrected chi connectivity index (χ0v) is 18.7. The largest absolute Gasteiger partial charge is 0.496 e. The third-order valence-corrected chi connectivity index (χ3v) is 6.86. The summed E-state index contributed by atoms with van der Waals surface area (Å²) in [5.41, 5.74) is 1.70. The highest BCUT2D eigenvalue weighted by Crippen LogP contribution is 2.34. The Labute approximate surface area is 186 Å². The van der Waals surface area contributed by atoms with Crippen LogP contribution in [0.25, 0.3) is 10.8 Å². The molecule has 2 amide bonds. The molecule has 162 valence electrons. The van der Waals surface area contributed by atoms with E-state index in [2.05, 4.69) is 27.8 Å². The van der Waals surface area contributed by atoms with E-state index in [1.54, 1.807) is 18.4 Å². The maximum Gasteiger partial charge on any atom is 0.220 e. The fraction of sp³-hybridized carbons (Fsp3) is 0.375. The van der Waals surface area contributed by atoms with E-state index in [9.17, 15) is 9.59 Å². The molecule has 1 aliphatic rings. The van der Waals surface area contributed by atoms with Gasteiger partial charge in [0.15, 0.2) is 0 Å². The summed E-state index contributed by atoms with van der Waals surface area (Å²) >= 11 is 1.55. The number of nitrogens with one attached hydrogen (secondary N) is 2. The molecule has 31 heavy (non-hydrogen) atoms. The van der Waals surface area contributed by atoms with E-state index in [-0.39, 0.29) is 11.8 Å². The number of hydrogen-bond donors (Lipinski definition) is 2. The van der Waals surface area contributed by atoms with Crippen LogP contribution in [0.1, 0.15) is 41.9 Å². The van der Waals surface area contributed by atoms with Crippen LogP contribution < -0.4 is 15.4 Å². The topological polar surface area (TPSA) is 80.3 Å². The SMILES string of the molecule is COc1ccc(CC2(CCC(=O)NCc3nc(C)cs3)CCC(=O)N2)c2ccccc12. The van der Waals surface area contributed by atoms with E-state index >= 15 is 0 Å². The number of thiazole rings is 1. The van der Waals surface area contributed by atoms with Crippen LogP contribution in [0.4, 0.5) is 0 Å². The molecule has 6 nitrogen and oxygen atoms in total. The number of hydrogen-bond acceptors (Lipinski definition) is 5. The standard InChI is InChI=1S/C24H27N3O3S/c1-16-15-31-23(26-16)14-25-21(28)9-11-24(12-10-22(29)27-24)13-17-7-8-20(30-2)19-6-4-3-5-18(17)19/h3-8,15H,9-14H2,1-2H3,(H,25,28)(H,27,29). The summed E-state index contributed by atoms with van der Waals surface area (Å²) in [5.74, 6) is 0.866. The first-order chi connectivity index (χ1) is 15.0. The second kappa shape index (κ2) is 9.06. The molecule has 0 aliphatic carbocycles. The number of methoxy groups -OCH3 is 1. The van der Waals surface area contributed by atoms with Crippen molar-refractivity contribution in [2.24, 2.45) is 0 Å². The van der Waals surface area contributed by atoms with Gasteiger partial charge in [0.1, 0.15) is 10.8 Å². The lowest BCUT2D eigenvalue weighted by atomic mass is 9.83. The lowest BCUT2D eigenvalue weighted by Gasteiger charge is -2.30. The maximum absolute atomic E-state index is 12.5. The Kier molecular flexibility index (Phi) is 6.23. The lowest BCUT2D eigenvalue weighted by molar-refractivity contribution is -0.122. The second-order valence-electron chi connectivity index (χ2n) is 8.14. The molecule has 1 atom stereocenters. The highest BCUT2D eigenvalue weighted by atomic mass is 32.1. The molecule has 2 N–H and O–H groups in total. The molecule has 3 aromatic rings. The second-order valence-corrected chi connectivity index (χ2v) is 9.08. The fourth-order valence-corrected chi connectivity index (χ4v) is 5.02. The third kappa shape index (κ3) is 4.88. The van der Waals surface area contributed by atoms with Gasteiger partial charge in [-0.1, -0.05) is 30.3 Å². The minimum Gasteiger partial charge on any atom is -0.496 e. The number of carbonyl (C=O) groups is 2. The van der Waals surface area contributed by atoms with Crippen LogP contribution in [0.5, 0.6) is 5.75 Å². The number of rotatable bonds is 8. The van der Waals surface area contributed by atoms with E-state index in [0.29, 0.717) is 32.2 Å². The van der Waals surface area contributed by atoms with Gasteiger partial charge in [0.2, 0.25) is 11.8 Å². The van der Waals surface area contributed by atoms with E-state index in [1.165, 1.54) is 0 Å². The van der Waals surface area contributed by atoms with Gasteiger partial charge in [-0.05, 0) is 43.2 Å². The Hall–Kier alpha value is -2.93. The number of aryl methyl sites for hydroxylation is 1. The summed E-state index contributed by atoms with van der Waals surface area (Å²) in [7, 11) is 1.67. The number of benzene rings is 2. The van der Waals surface area contributed by atoms with Gasteiger partial charge in [-0.3, -0.25) is 9.59 Å². The molecule has 1 aromatic heterocycles. The fourth-order valence-electron chi connectivity index (χ4n) is 4.31. The highest BCUT2D eigenvalue weighted by Gasteiger charge is 2.38. The van der Waals surface area contributed by atoms with Crippen molar-refractivity contribution in [3.8, 4) is 5.75 Å². The molecule has 1 unspecified atom stereocenters. The Morgan fingerprint density at radius 3 is 2.74 bits per heavy atom. The van der Waals surface area contributed by atoms with Crippen molar-refractivity contribution in [3.05, 3.63) is 58.0 Å². The molecule has 0 saturated carbocycles. The minimum absolute atomic E-state index is 0.0204. The molecule has 0 spiro atoms. The van der Waals surface area contributed by atoms with Crippen LogP contribution in [-0.2, 0) is 22.6 Å². The average molecular weight is 438 g/mol. The van der Waals surface area contributed by atoms with Crippen molar-refractivity contribution in [3.63, 3.8) is 0 Å². The van der Waals surface area contributed by atoms with Gasteiger partial charge in [0.05, 0.1) is 13.7 Å². The van der Waals surface area contributed by atoms with Crippen LogP contribution >= 0.6 is 11.3 Å². The van der Waals surface area contributed by atoms with Gasteiger partial charge in [-0.2, -0.15) is 0 Å². The van der Waals surface area contributed by atoms with Gasteiger partial charge in [0.25, 0.3) is 0 Å². The predicted octanol–water partition coefficient (Wildman–Crippen LogP) is 3.90. The van der Waals surface area contributed by atoms with E-state index < -0.39 is 5.54 Å². The molecule has 2 aromatic carbocycles. The van der Waals surface area contributed by atoms with Crippen molar-refractivity contribution < 1.29 is 14.3 Å². The van der Waals surface area contributed by atoms with E-state index in [4.69, 9.17) is 4.74 Å². The first-order valence-electron chi connectivity index (χ1n) is 10.5. The number of ether oxygens (including phenoxy) is 1. The predicted molar refractivity (Wildman–Crippen MR) is 122 cm³/mol. The van der Waals surface area contributed by atoms with Crippen LogP contribution in [0.15, 0.2) is 41.8 Å². The zero-order valence-electron chi connectivity index (χ0n) is 17.9. The number of fused-ring (bicyclic) bond motifs is 1. The van der Waals surface area contributed by atoms with E-state index in [1.807, 2.05) is 36.6 Å². The lowest BCUT2D eigenvalue weighted by Crippen LogP contribution is -2.44. The van der Waals surface area contributed by atoms with Crippen molar-refractivity contribution >= 4 is 33.9 Å². The summed E-state index contributed by atoms with van der Waals surface area (Å²) < 4.78 is 5.51. The van der Waals surface area contributed by atoms with Crippen LogP contribution in [-0.4, -0.2) is 29.4 Å². The quantitative estimate of drug-likeness (QED) is 0.560. The molecular weight excluding hydrogens is 410 g/mol. The van der Waals surface area contributed by atoms with Gasteiger partial charge in [-0.25, -0.2) is 4.98 Å². The van der Waals surface area contributed by atoms with Crippen LogP contribution in [0.3, 0.4) is 0 Å².